The molecule has 5 nitrogen and oxygen atoms in total. The van der Waals surface area contributed by atoms with E-state index in [-0.39, 0.29) is 18.6 Å². The lowest BCUT2D eigenvalue weighted by Gasteiger charge is -2.32. The van der Waals surface area contributed by atoms with Crippen molar-refractivity contribution < 1.29 is 9.90 Å². The molecule has 1 saturated heterocycles. The first-order chi connectivity index (χ1) is 16.6. The van der Waals surface area contributed by atoms with Crippen LogP contribution in [0.4, 0.5) is 11.5 Å². The molecule has 2 aromatic carbocycles. The van der Waals surface area contributed by atoms with Gasteiger partial charge in [-0.05, 0) is 58.2 Å². The zero-order valence-electron chi connectivity index (χ0n) is 21.2. The van der Waals surface area contributed by atoms with Gasteiger partial charge in [0.25, 0.3) is 0 Å². The fourth-order valence-electron chi connectivity index (χ4n) is 5.07. The Labute approximate surface area is 213 Å². The summed E-state index contributed by atoms with van der Waals surface area (Å²) >= 11 is 6.63. The van der Waals surface area contributed by atoms with E-state index < -0.39 is 5.41 Å². The topological polar surface area (TPSA) is 56.7 Å². The summed E-state index contributed by atoms with van der Waals surface area (Å²) in [6.45, 7) is 8.97. The molecule has 0 spiro atoms. The highest BCUT2D eigenvalue weighted by atomic mass is 35.5. The summed E-state index contributed by atoms with van der Waals surface area (Å²) in [4.78, 5) is 22.5. The minimum Gasteiger partial charge on any atom is -0.394 e. The highest BCUT2D eigenvalue weighted by Crippen LogP contribution is 2.39. The number of aliphatic hydroxyl groups excluding tert-OH is 1. The number of aromatic nitrogens is 1. The second-order valence-electron chi connectivity index (χ2n) is 10.1. The molecule has 4 rings (SSSR count). The van der Waals surface area contributed by atoms with Gasteiger partial charge in [0.2, 0.25) is 5.91 Å². The van der Waals surface area contributed by atoms with Gasteiger partial charge in [-0.1, -0.05) is 59.1 Å². The number of aliphatic hydroxyl groups is 1. The van der Waals surface area contributed by atoms with Crippen LogP contribution in [0, 0.1) is 13.8 Å². The van der Waals surface area contributed by atoms with Gasteiger partial charge in [-0.2, -0.15) is 0 Å². The second-order valence-corrected chi connectivity index (χ2v) is 10.5. The molecule has 35 heavy (non-hydrogen) atoms. The number of carbonyl (C=O) groups is 1. The molecular formula is C29H34ClN3O2. The molecule has 3 aromatic rings. The van der Waals surface area contributed by atoms with Gasteiger partial charge in [0.1, 0.15) is 5.82 Å². The summed E-state index contributed by atoms with van der Waals surface area (Å²) in [6, 6.07) is 16.0. The average molecular weight is 492 g/mol. The van der Waals surface area contributed by atoms with E-state index in [9.17, 15) is 9.90 Å². The summed E-state index contributed by atoms with van der Waals surface area (Å²) in [7, 11) is 1.80. The molecule has 1 aliphatic heterocycles. The first kappa shape index (κ1) is 25.2. The summed E-state index contributed by atoms with van der Waals surface area (Å²) in [5.74, 6) is 0.759. The van der Waals surface area contributed by atoms with E-state index in [2.05, 4.69) is 36.9 Å². The molecule has 1 aromatic heterocycles. The molecule has 0 bridgehead atoms. The van der Waals surface area contributed by atoms with Crippen molar-refractivity contribution in [1.82, 2.24) is 4.98 Å². The molecule has 2 heterocycles. The van der Waals surface area contributed by atoms with Crippen LogP contribution in [0.1, 0.15) is 43.4 Å². The lowest BCUT2D eigenvalue weighted by Crippen LogP contribution is -2.42. The lowest BCUT2D eigenvalue weighted by atomic mass is 9.81. The molecule has 0 unspecified atom stereocenters. The van der Waals surface area contributed by atoms with Gasteiger partial charge in [-0.15, -0.1) is 0 Å². The number of likely N-dealkylation sites (N-methyl/N-ethyl adjacent to an activating group) is 1. The van der Waals surface area contributed by atoms with Crippen molar-refractivity contribution in [2.24, 2.45) is 0 Å². The molecule has 0 radical (unpaired) electrons. The Bertz CT molecular complexity index is 1220. The number of anilines is 2. The van der Waals surface area contributed by atoms with E-state index in [4.69, 9.17) is 16.6 Å². The molecule has 1 N–H and O–H groups in total. The van der Waals surface area contributed by atoms with E-state index in [0.717, 1.165) is 53.0 Å². The van der Waals surface area contributed by atoms with Gasteiger partial charge in [0.15, 0.2) is 0 Å². The zero-order chi connectivity index (χ0) is 25.3. The first-order valence-electron chi connectivity index (χ1n) is 12.1. The Hall–Kier alpha value is -2.89. The average Bonchev–Trinajstić information content (AvgIpc) is 3.31. The summed E-state index contributed by atoms with van der Waals surface area (Å²) in [6.07, 6.45) is 3.71. The number of amides is 1. The van der Waals surface area contributed by atoms with E-state index in [0.29, 0.717) is 10.7 Å². The second kappa shape index (κ2) is 10.00. The van der Waals surface area contributed by atoms with Crippen molar-refractivity contribution in [2.75, 3.05) is 30.0 Å². The fourth-order valence-corrected chi connectivity index (χ4v) is 5.31. The van der Waals surface area contributed by atoms with Crippen LogP contribution in [0.3, 0.4) is 0 Å². The van der Waals surface area contributed by atoms with Crippen LogP contribution >= 0.6 is 11.6 Å². The van der Waals surface area contributed by atoms with Gasteiger partial charge in [-0.25, -0.2) is 4.98 Å². The molecule has 1 atom stereocenters. The monoisotopic (exact) mass is 491 g/mol. The molecule has 1 amide bonds. The maximum absolute atomic E-state index is 13.9. The molecule has 1 fully saturated rings. The van der Waals surface area contributed by atoms with Crippen molar-refractivity contribution in [3.8, 4) is 11.1 Å². The maximum Gasteiger partial charge on any atom is 0.236 e. The normalized spacial score (nSPS) is 16.0. The number of nitrogens with zero attached hydrogens (tertiary/aromatic N) is 3. The van der Waals surface area contributed by atoms with E-state index in [1.54, 1.807) is 18.1 Å². The third-order valence-corrected chi connectivity index (χ3v) is 7.39. The minimum absolute atomic E-state index is 0.0280. The highest BCUT2D eigenvalue weighted by molar-refractivity contribution is 6.33. The Morgan fingerprint density at radius 2 is 1.83 bits per heavy atom. The van der Waals surface area contributed by atoms with E-state index in [1.165, 1.54) is 0 Å². The van der Waals surface area contributed by atoms with E-state index >= 15 is 0 Å². The summed E-state index contributed by atoms with van der Waals surface area (Å²) in [5, 5.41) is 10.4. The molecule has 0 aliphatic carbocycles. The summed E-state index contributed by atoms with van der Waals surface area (Å²) in [5.41, 5.74) is 4.90. The largest absolute Gasteiger partial charge is 0.394 e. The molecule has 0 saturated carbocycles. The first-order valence-corrected chi connectivity index (χ1v) is 12.5. The smallest absolute Gasteiger partial charge is 0.236 e. The molecule has 184 valence electrons. The van der Waals surface area contributed by atoms with E-state index in [1.807, 2.05) is 44.2 Å². The van der Waals surface area contributed by atoms with Crippen molar-refractivity contribution in [3.05, 3.63) is 76.4 Å². The van der Waals surface area contributed by atoms with Crippen LogP contribution in [0.2, 0.25) is 5.02 Å². The van der Waals surface area contributed by atoms with Crippen LogP contribution in [0.15, 0.2) is 54.7 Å². The number of pyridine rings is 1. The quantitative estimate of drug-likeness (QED) is 0.465. The number of carbonyl (C=O) groups excluding carboxylic acids is 1. The van der Waals surface area contributed by atoms with Gasteiger partial charge >= 0.3 is 0 Å². The fraction of sp³-hybridized carbons (Fsp3) is 0.379. The Morgan fingerprint density at radius 3 is 2.49 bits per heavy atom. The van der Waals surface area contributed by atoms with Crippen molar-refractivity contribution in [3.63, 3.8) is 0 Å². The van der Waals surface area contributed by atoms with Crippen LogP contribution in [-0.2, 0) is 10.2 Å². The minimum atomic E-state index is -0.737. The number of rotatable bonds is 6. The molecule has 6 heteroatoms. The van der Waals surface area contributed by atoms with Crippen LogP contribution in [-0.4, -0.2) is 42.2 Å². The number of aryl methyl sites for hydroxylation is 2. The third kappa shape index (κ3) is 4.93. The number of hydrogen-bond donors (Lipinski definition) is 1. The number of hydrogen-bond acceptors (Lipinski definition) is 4. The highest BCUT2D eigenvalue weighted by Gasteiger charge is 2.35. The molecule has 1 aliphatic rings. The summed E-state index contributed by atoms with van der Waals surface area (Å²) < 4.78 is 0. The van der Waals surface area contributed by atoms with Crippen molar-refractivity contribution in [2.45, 2.75) is 52.0 Å². The number of halogens is 1. The predicted molar refractivity (Wildman–Crippen MR) is 144 cm³/mol. The van der Waals surface area contributed by atoms with Crippen molar-refractivity contribution >= 4 is 29.0 Å². The number of benzene rings is 2. The third-order valence-electron chi connectivity index (χ3n) is 7.06. The van der Waals surface area contributed by atoms with Gasteiger partial charge < -0.3 is 14.9 Å². The standard InChI is InChI=1S/C29H34ClN3O2/c1-19-13-20(2)15-21(14-19)29(3,4)28(35)32(5)26-17-31-27(33-12-8-9-22(33)18-34)16-24(26)23-10-6-7-11-25(23)30/h6-7,10-11,13-17,22,34H,8-9,12,18H2,1-5H3/t22-/m0/s1. The zero-order valence-corrected chi connectivity index (χ0v) is 21.9. The Morgan fingerprint density at radius 1 is 1.14 bits per heavy atom. The van der Waals surface area contributed by atoms with Crippen LogP contribution < -0.4 is 9.80 Å². The van der Waals surface area contributed by atoms with Gasteiger partial charge in [0, 0.05) is 29.7 Å². The Balaban J connectivity index is 1.79. The molecular weight excluding hydrogens is 458 g/mol. The SMILES string of the molecule is Cc1cc(C)cc(C(C)(C)C(=O)N(C)c2cnc(N3CCC[C@H]3CO)cc2-c2ccccc2Cl)c1. The van der Waals surface area contributed by atoms with Gasteiger partial charge in [-0.3, -0.25) is 4.79 Å². The van der Waals surface area contributed by atoms with Gasteiger partial charge in [0.05, 0.1) is 29.9 Å². The van der Waals surface area contributed by atoms with Crippen LogP contribution in [0.25, 0.3) is 11.1 Å². The van der Waals surface area contributed by atoms with Crippen LogP contribution in [0.5, 0.6) is 0 Å². The van der Waals surface area contributed by atoms with Crippen molar-refractivity contribution in [1.29, 1.82) is 0 Å². The predicted octanol–water partition coefficient (Wildman–Crippen LogP) is 5.92. The lowest BCUT2D eigenvalue weighted by molar-refractivity contribution is -0.122. The maximum atomic E-state index is 13.9. The Kier molecular flexibility index (Phi) is 7.20.